The molecule has 1 atom stereocenters. The highest BCUT2D eigenvalue weighted by atomic mass is 16.5. The number of rotatable bonds is 2. The first-order valence-corrected chi connectivity index (χ1v) is 6.17. The maximum atomic E-state index is 5.71. The highest BCUT2D eigenvalue weighted by Gasteiger charge is 2.31. The van der Waals surface area contributed by atoms with E-state index < -0.39 is 0 Å². The van der Waals surface area contributed by atoms with Gasteiger partial charge < -0.3 is 4.74 Å². The maximum absolute atomic E-state index is 5.71. The first-order valence-electron chi connectivity index (χ1n) is 6.17. The summed E-state index contributed by atoms with van der Waals surface area (Å²) in [5, 5.41) is 0. The fraction of sp³-hybridized carbons (Fsp3) is 0.571. The SMILES string of the molecule is CCc1cccnc1C1=N[C@@H](C(C)(C)C)CO1. The molecule has 0 radical (unpaired) electrons. The molecule has 2 rings (SSSR count). The molecular weight excluding hydrogens is 212 g/mol. The van der Waals surface area contributed by atoms with Crippen molar-refractivity contribution in [2.24, 2.45) is 10.4 Å². The van der Waals surface area contributed by atoms with Crippen molar-refractivity contribution in [2.45, 2.75) is 40.2 Å². The molecule has 0 spiro atoms. The van der Waals surface area contributed by atoms with Crippen LogP contribution in [0.2, 0.25) is 0 Å². The summed E-state index contributed by atoms with van der Waals surface area (Å²) in [6, 6.07) is 4.27. The molecule has 0 saturated heterocycles. The normalized spacial score (nSPS) is 20.0. The van der Waals surface area contributed by atoms with Crippen molar-refractivity contribution in [3.05, 3.63) is 29.6 Å². The minimum absolute atomic E-state index is 0.142. The highest BCUT2D eigenvalue weighted by Crippen LogP contribution is 2.27. The monoisotopic (exact) mass is 232 g/mol. The smallest absolute Gasteiger partial charge is 0.236 e. The molecule has 2 heterocycles. The van der Waals surface area contributed by atoms with Crippen LogP contribution in [-0.2, 0) is 11.2 Å². The maximum Gasteiger partial charge on any atom is 0.236 e. The Bertz CT molecular complexity index is 432. The van der Waals surface area contributed by atoms with E-state index in [2.05, 4.69) is 43.7 Å². The molecule has 0 N–H and O–H groups in total. The zero-order valence-corrected chi connectivity index (χ0v) is 11.0. The molecule has 1 aromatic heterocycles. The summed E-state index contributed by atoms with van der Waals surface area (Å²) in [5.41, 5.74) is 2.24. The zero-order valence-electron chi connectivity index (χ0n) is 11.0. The van der Waals surface area contributed by atoms with Crippen molar-refractivity contribution in [2.75, 3.05) is 6.61 Å². The number of hydrogen-bond acceptors (Lipinski definition) is 3. The average Bonchev–Trinajstić information content (AvgIpc) is 2.77. The van der Waals surface area contributed by atoms with Crippen LogP contribution in [0.1, 0.15) is 39.0 Å². The van der Waals surface area contributed by atoms with Crippen LogP contribution in [0, 0.1) is 5.41 Å². The second-order valence-corrected chi connectivity index (χ2v) is 5.49. The van der Waals surface area contributed by atoms with Gasteiger partial charge in [-0.05, 0) is 23.5 Å². The second-order valence-electron chi connectivity index (χ2n) is 5.49. The van der Waals surface area contributed by atoms with Crippen molar-refractivity contribution in [3.8, 4) is 0 Å². The molecule has 0 amide bonds. The van der Waals surface area contributed by atoms with E-state index in [-0.39, 0.29) is 11.5 Å². The van der Waals surface area contributed by atoms with Gasteiger partial charge in [0.2, 0.25) is 5.90 Å². The molecule has 0 aliphatic carbocycles. The Kier molecular flexibility index (Phi) is 3.18. The fourth-order valence-electron chi connectivity index (χ4n) is 1.86. The van der Waals surface area contributed by atoms with E-state index in [1.54, 1.807) is 6.20 Å². The molecule has 0 saturated carbocycles. The van der Waals surface area contributed by atoms with Gasteiger partial charge in [-0.2, -0.15) is 0 Å². The van der Waals surface area contributed by atoms with E-state index in [4.69, 9.17) is 4.74 Å². The summed E-state index contributed by atoms with van der Waals surface area (Å²) >= 11 is 0. The third-order valence-electron chi connectivity index (χ3n) is 3.13. The van der Waals surface area contributed by atoms with Gasteiger partial charge in [-0.25, -0.2) is 4.99 Å². The first kappa shape index (κ1) is 12.1. The lowest BCUT2D eigenvalue weighted by atomic mass is 9.88. The van der Waals surface area contributed by atoms with Gasteiger partial charge in [0.15, 0.2) is 0 Å². The van der Waals surface area contributed by atoms with Crippen LogP contribution in [0.5, 0.6) is 0 Å². The van der Waals surface area contributed by atoms with E-state index in [1.165, 1.54) is 5.56 Å². The molecule has 92 valence electrons. The fourth-order valence-corrected chi connectivity index (χ4v) is 1.86. The lowest BCUT2D eigenvalue weighted by Crippen LogP contribution is -2.25. The summed E-state index contributed by atoms with van der Waals surface area (Å²) in [6.07, 6.45) is 2.75. The predicted molar refractivity (Wildman–Crippen MR) is 69.3 cm³/mol. The van der Waals surface area contributed by atoms with Gasteiger partial charge >= 0.3 is 0 Å². The molecule has 1 aromatic rings. The Morgan fingerprint density at radius 1 is 1.41 bits per heavy atom. The van der Waals surface area contributed by atoms with E-state index in [0.29, 0.717) is 12.5 Å². The predicted octanol–water partition coefficient (Wildman–Crippen LogP) is 2.84. The van der Waals surface area contributed by atoms with Gasteiger partial charge in [0, 0.05) is 6.20 Å². The van der Waals surface area contributed by atoms with E-state index in [0.717, 1.165) is 12.1 Å². The van der Waals surface area contributed by atoms with Gasteiger partial charge in [0.25, 0.3) is 0 Å². The second kappa shape index (κ2) is 4.47. The zero-order chi connectivity index (χ0) is 12.5. The highest BCUT2D eigenvalue weighted by molar-refractivity contribution is 5.94. The van der Waals surface area contributed by atoms with Crippen molar-refractivity contribution < 1.29 is 4.74 Å². The van der Waals surface area contributed by atoms with Crippen LogP contribution in [0.3, 0.4) is 0 Å². The van der Waals surface area contributed by atoms with Crippen LogP contribution >= 0.6 is 0 Å². The standard InChI is InChI=1S/C14H20N2O/c1-5-10-7-6-8-15-12(10)13-16-11(9-17-13)14(2,3)4/h6-8,11H,5,9H2,1-4H3/t11-/m1/s1. The Labute approximate surface area is 103 Å². The molecule has 17 heavy (non-hydrogen) atoms. The van der Waals surface area contributed by atoms with Crippen molar-refractivity contribution in [3.63, 3.8) is 0 Å². The summed E-state index contributed by atoms with van der Waals surface area (Å²) < 4.78 is 5.71. The van der Waals surface area contributed by atoms with E-state index in [9.17, 15) is 0 Å². The van der Waals surface area contributed by atoms with Crippen LogP contribution in [-0.4, -0.2) is 23.5 Å². The quantitative estimate of drug-likeness (QED) is 0.785. The number of nitrogens with zero attached hydrogens (tertiary/aromatic N) is 2. The van der Waals surface area contributed by atoms with Crippen molar-refractivity contribution >= 4 is 5.90 Å². The van der Waals surface area contributed by atoms with E-state index in [1.807, 2.05) is 6.07 Å². The third kappa shape index (κ3) is 2.48. The number of aliphatic imine (C=N–C) groups is 1. The lowest BCUT2D eigenvalue weighted by Gasteiger charge is -2.21. The Balaban J connectivity index is 2.30. The molecule has 1 aliphatic rings. The molecular formula is C14H20N2O. The molecule has 3 heteroatoms. The lowest BCUT2D eigenvalue weighted by molar-refractivity contribution is 0.235. The number of pyridine rings is 1. The topological polar surface area (TPSA) is 34.5 Å². The van der Waals surface area contributed by atoms with Crippen LogP contribution in [0.15, 0.2) is 23.3 Å². The van der Waals surface area contributed by atoms with Crippen molar-refractivity contribution in [1.82, 2.24) is 4.98 Å². The Morgan fingerprint density at radius 2 is 2.18 bits per heavy atom. The van der Waals surface area contributed by atoms with Crippen molar-refractivity contribution in [1.29, 1.82) is 0 Å². The molecule has 1 aliphatic heterocycles. The summed E-state index contributed by atoms with van der Waals surface area (Å²) in [5.74, 6) is 0.711. The first-order chi connectivity index (χ1) is 8.02. The average molecular weight is 232 g/mol. The van der Waals surface area contributed by atoms with Gasteiger partial charge in [-0.1, -0.05) is 33.8 Å². The summed E-state index contributed by atoms with van der Waals surface area (Å²) in [6.45, 7) is 9.35. The molecule has 3 nitrogen and oxygen atoms in total. The number of hydrogen-bond donors (Lipinski definition) is 0. The minimum Gasteiger partial charge on any atom is -0.474 e. The summed E-state index contributed by atoms with van der Waals surface area (Å²) in [7, 11) is 0. The minimum atomic E-state index is 0.142. The largest absolute Gasteiger partial charge is 0.474 e. The van der Waals surface area contributed by atoms with Gasteiger partial charge in [-0.15, -0.1) is 0 Å². The molecule has 0 aromatic carbocycles. The van der Waals surface area contributed by atoms with Gasteiger partial charge in [-0.3, -0.25) is 4.98 Å². The van der Waals surface area contributed by atoms with Gasteiger partial charge in [0.05, 0.1) is 6.04 Å². The van der Waals surface area contributed by atoms with Crippen LogP contribution < -0.4 is 0 Å². The molecule has 0 unspecified atom stereocenters. The van der Waals surface area contributed by atoms with E-state index >= 15 is 0 Å². The Morgan fingerprint density at radius 3 is 2.76 bits per heavy atom. The van der Waals surface area contributed by atoms with Crippen LogP contribution in [0.4, 0.5) is 0 Å². The number of ether oxygens (including phenoxy) is 1. The summed E-state index contributed by atoms with van der Waals surface area (Å²) in [4.78, 5) is 9.06. The third-order valence-corrected chi connectivity index (χ3v) is 3.13. The Hall–Kier alpha value is -1.38. The van der Waals surface area contributed by atoms with Gasteiger partial charge in [0.1, 0.15) is 12.3 Å². The number of aromatic nitrogens is 1. The molecule has 0 fully saturated rings. The molecule has 0 bridgehead atoms. The number of aryl methyl sites for hydroxylation is 1. The van der Waals surface area contributed by atoms with Crippen LogP contribution in [0.25, 0.3) is 0 Å².